The number of fused-ring (bicyclic) bond motifs is 6. The molecule has 3 nitrogen and oxygen atoms in total. The van der Waals surface area contributed by atoms with E-state index in [1.165, 1.54) is 44.1 Å². The van der Waals surface area contributed by atoms with Gasteiger partial charge in [0.25, 0.3) is 0 Å². The third-order valence-electron chi connectivity index (χ3n) is 9.13. The van der Waals surface area contributed by atoms with E-state index in [-0.39, 0.29) is 5.41 Å². The molecule has 0 atom stereocenters. The highest BCUT2D eigenvalue weighted by Gasteiger charge is 2.36. The van der Waals surface area contributed by atoms with E-state index < -0.39 is 0 Å². The van der Waals surface area contributed by atoms with Crippen molar-refractivity contribution in [2.45, 2.75) is 25.8 Å². The Morgan fingerprint density at radius 3 is 2.20 bits per heavy atom. The van der Waals surface area contributed by atoms with Gasteiger partial charge in [0.1, 0.15) is 0 Å². The van der Waals surface area contributed by atoms with Crippen LogP contribution in [0.2, 0.25) is 0 Å². The third-order valence-corrected chi connectivity index (χ3v) is 9.13. The van der Waals surface area contributed by atoms with Crippen LogP contribution in [-0.2, 0) is 12.0 Å². The molecule has 0 fully saturated rings. The van der Waals surface area contributed by atoms with Gasteiger partial charge >= 0.3 is 0 Å². The van der Waals surface area contributed by atoms with Crippen molar-refractivity contribution in [3.8, 4) is 16.8 Å². The van der Waals surface area contributed by atoms with Crippen LogP contribution in [0.3, 0.4) is 0 Å². The Morgan fingerprint density at radius 1 is 0.622 bits per heavy atom. The van der Waals surface area contributed by atoms with Gasteiger partial charge in [-0.3, -0.25) is 4.99 Å². The van der Waals surface area contributed by atoms with Crippen LogP contribution in [-0.4, -0.2) is 16.6 Å². The Morgan fingerprint density at radius 2 is 1.36 bits per heavy atom. The lowest BCUT2D eigenvalue weighted by Gasteiger charge is -2.21. The highest BCUT2D eigenvalue weighted by Crippen LogP contribution is 2.50. The molecule has 1 aliphatic carbocycles. The average Bonchev–Trinajstić information content (AvgIpc) is 3.53. The zero-order valence-electron chi connectivity index (χ0n) is 25.5. The molecule has 0 spiro atoms. The van der Waals surface area contributed by atoms with E-state index >= 15 is 0 Å². The molecular weight excluding hydrogens is 546 g/mol. The van der Waals surface area contributed by atoms with Crippen molar-refractivity contribution in [1.82, 2.24) is 4.57 Å². The molecule has 0 saturated carbocycles. The molecule has 3 heteroatoms. The second kappa shape index (κ2) is 10.9. The van der Waals surface area contributed by atoms with Gasteiger partial charge in [0, 0.05) is 33.7 Å². The van der Waals surface area contributed by atoms with Gasteiger partial charge in [-0.1, -0.05) is 129 Å². The summed E-state index contributed by atoms with van der Waals surface area (Å²) in [4.78, 5) is 9.84. The van der Waals surface area contributed by atoms with Crippen molar-refractivity contribution in [2.24, 2.45) is 9.98 Å². The van der Waals surface area contributed by atoms with Gasteiger partial charge in [-0.15, -0.1) is 0 Å². The molecule has 6 aromatic carbocycles. The first-order chi connectivity index (χ1) is 22.1. The van der Waals surface area contributed by atoms with E-state index in [1.54, 1.807) is 0 Å². The Balaban J connectivity index is 1.23. The Bertz CT molecular complexity index is 2250. The number of aliphatic imine (C=N–C) groups is 2. The van der Waals surface area contributed by atoms with Crippen LogP contribution in [0.15, 0.2) is 156 Å². The fourth-order valence-electron chi connectivity index (χ4n) is 6.86. The molecule has 0 bridgehead atoms. The van der Waals surface area contributed by atoms with Crippen LogP contribution in [0, 0.1) is 0 Å². The minimum absolute atomic E-state index is 0.0666. The molecule has 8 rings (SSSR count). The Hall–Kier alpha value is -5.54. The second-order valence-electron chi connectivity index (χ2n) is 12.3. The van der Waals surface area contributed by atoms with Crippen LogP contribution >= 0.6 is 0 Å². The molecule has 0 radical (unpaired) electrons. The average molecular weight is 580 g/mol. The number of nitrogens with zero attached hydrogens (tertiary/aromatic N) is 3. The normalized spacial score (nSPS) is 13.9. The molecule has 0 amide bonds. The van der Waals surface area contributed by atoms with Gasteiger partial charge in [0.2, 0.25) is 0 Å². The van der Waals surface area contributed by atoms with E-state index in [1.807, 2.05) is 42.6 Å². The Labute approximate surface area is 263 Å². The number of hydrogen-bond acceptors (Lipinski definition) is 1. The molecule has 216 valence electrons. The lowest BCUT2D eigenvalue weighted by molar-refractivity contribution is 0.661. The summed E-state index contributed by atoms with van der Waals surface area (Å²) < 4.78 is 2.41. The quantitative estimate of drug-likeness (QED) is 0.143. The molecule has 0 saturated heterocycles. The van der Waals surface area contributed by atoms with Gasteiger partial charge in [-0.25, -0.2) is 4.99 Å². The van der Waals surface area contributed by atoms with Gasteiger partial charge in [-0.05, 0) is 63.7 Å². The van der Waals surface area contributed by atoms with Crippen LogP contribution in [0.1, 0.15) is 41.7 Å². The van der Waals surface area contributed by atoms with Crippen LogP contribution in [0.25, 0.3) is 38.6 Å². The molecule has 1 aliphatic rings. The zero-order chi connectivity index (χ0) is 30.4. The molecule has 7 aromatic rings. The molecule has 1 heterocycles. The maximum atomic E-state index is 4.93. The first-order valence-electron chi connectivity index (χ1n) is 15.5. The summed E-state index contributed by atoms with van der Waals surface area (Å²) in [6.07, 6.45) is 1.94. The van der Waals surface area contributed by atoms with Gasteiger partial charge in [-0.2, -0.15) is 0 Å². The fourth-order valence-corrected chi connectivity index (χ4v) is 6.86. The van der Waals surface area contributed by atoms with Crippen molar-refractivity contribution < 1.29 is 0 Å². The van der Waals surface area contributed by atoms with Crippen molar-refractivity contribution in [2.75, 3.05) is 0 Å². The van der Waals surface area contributed by atoms with E-state index in [2.05, 4.69) is 128 Å². The minimum Gasteiger partial charge on any atom is -0.309 e. The van der Waals surface area contributed by atoms with Crippen molar-refractivity contribution in [3.05, 3.63) is 173 Å². The molecule has 0 aliphatic heterocycles. The van der Waals surface area contributed by atoms with E-state index in [9.17, 15) is 0 Å². The van der Waals surface area contributed by atoms with Crippen LogP contribution < -0.4 is 0 Å². The standard InChI is InChI=1S/C42H33N3/c1-42(2)37-22-11-9-20-33(37)35-25-36-34-21-10-12-23-39(34)45(40(36)26-38(35)42)32-19-13-16-30(24-32)28-44-41(31-17-7-4-8-18-31)43-27-29-14-5-3-6-15-29/h3-26,28H,27H2,1-2H3. The zero-order valence-corrected chi connectivity index (χ0v) is 25.5. The minimum atomic E-state index is -0.0666. The van der Waals surface area contributed by atoms with Gasteiger partial charge < -0.3 is 4.57 Å². The van der Waals surface area contributed by atoms with Gasteiger partial charge in [0.05, 0.1) is 17.6 Å². The van der Waals surface area contributed by atoms with Crippen molar-refractivity contribution in [1.29, 1.82) is 0 Å². The Kier molecular flexibility index (Phi) is 6.53. The lowest BCUT2D eigenvalue weighted by atomic mass is 9.82. The highest BCUT2D eigenvalue weighted by atomic mass is 15.0. The highest BCUT2D eigenvalue weighted by molar-refractivity contribution is 6.12. The number of benzene rings is 6. The summed E-state index contributed by atoms with van der Waals surface area (Å²) in [6.45, 7) is 5.27. The van der Waals surface area contributed by atoms with E-state index in [0.717, 1.165) is 28.2 Å². The smallest absolute Gasteiger partial charge is 0.154 e. The summed E-state index contributed by atoms with van der Waals surface area (Å²) in [5.41, 5.74) is 12.1. The molecule has 45 heavy (non-hydrogen) atoms. The summed E-state index contributed by atoms with van der Waals surface area (Å²) in [5.74, 6) is 0.721. The second-order valence-corrected chi connectivity index (χ2v) is 12.3. The summed E-state index contributed by atoms with van der Waals surface area (Å²) in [7, 11) is 0. The molecule has 0 unspecified atom stereocenters. The third kappa shape index (κ3) is 4.69. The van der Waals surface area contributed by atoms with Crippen molar-refractivity contribution >= 4 is 33.9 Å². The lowest BCUT2D eigenvalue weighted by Crippen LogP contribution is -2.14. The van der Waals surface area contributed by atoms with E-state index in [0.29, 0.717) is 6.54 Å². The number of amidine groups is 1. The predicted octanol–water partition coefficient (Wildman–Crippen LogP) is 10.2. The van der Waals surface area contributed by atoms with Crippen molar-refractivity contribution in [3.63, 3.8) is 0 Å². The molecular formula is C42H33N3. The summed E-state index contributed by atoms with van der Waals surface area (Å²) in [6, 6.07) is 51.6. The number of hydrogen-bond donors (Lipinski definition) is 0. The summed E-state index contributed by atoms with van der Waals surface area (Å²) >= 11 is 0. The maximum Gasteiger partial charge on any atom is 0.154 e. The van der Waals surface area contributed by atoms with E-state index in [4.69, 9.17) is 9.98 Å². The predicted molar refractivity (Wildman–Crippen MR) is 189 cm³/mol. The van der Waals surface area contributed by atoms with Crippen LogP contribution in [0.5, 0.6) is 0 Å². The fraction of sp³-hybridized carbons (Fsp3) is 0.0952. The summed E-state index contributed by atoms with van der Waals surface area (Å²) in [5, 5.41) is 2.53. The van der Waals surface area contributed by atoms with Crippen LogP contribution in [0.4, 0.5) is 0 Å². The maximum absolute atomic E-state index is 4.93. The topological polar surface area (TPSA) is 29.6 Å². The first kappa shape index (κ1) is 27.0. The number of para-hydroxylation sites is 1. The molecule has 0 N–H and O–H groups in total. The number of rotatable bonds is 5. The largest absolute Gasteiger partial charge is 0.309 e. The molecule has 1 aromatic heterocycles. The monoisotopic (exact) mass is 579 g/mol. The number of aromatic nitrogens is 1. The SMILES string of the molecule is CC1(C)c2ccccc2-c2cc3c4ccccc4n(-c4cccc(C=NC(=NCc5ccccc5)c5ccccc5)c4)c3cc21. The first-order valence-corrected chi connectivity index (χ1v) is 15.5. The van der Waals surface area contributed by atoms with Gasteiger partial charge in [0.15, 0.2) is 5.84 Å².